The van der Waals surface area contributed by atoms with Gasteiger partial charge in [-0.15, -0.1) is 0 Å². The summed E-state index contributed by atoms with van der Waals surface area (Å²) in [5, 5.41) is 3.31. The Kier molecular flexibility index (Phi) is 3.34. The molecule has 1 amide bonds. The normalized spacial score (nSPS) is 33.4. The smallest absolute Gasteiger partial charge is 0.239 e. The number of carbonyl (C=O) groups excluding carboxylic acids is 1. The third-order valence-corrected chi connectivity index (χ3v) is 3.91. The molecule has 1 unspecified atom stereocenters. The number of nitrogens with zero attached hydrogens (tertiary/aromatic N) is 1. The van der Waals surface area contributed by atoms with Crippen molar-refractivity contribution in [1.82, 2.24) is 10.2 Å². The van der Waals surface area contributed by atoms with Crippen molar-refractivity contribution in [2.45, 2.75) is 19.4 Å². The molecule has 0 aliphatic carbocycles. The molecule has 2 aliphatic heterocycles. The first-order chi connectivity index (χ1) is 6.77. The second-order valence-electron chi connectivity index (χ2n) is 4.24. The lowest BCUT2D eigenvalue weighted by Crippen LogP contribution is -2.46. The fraction of sp³-hybridized carbons (Fsp3) is 0.900. The van der Waals surface area contributed by atoms with Gasteiger partial charge in [0.2, 0.25) is 5.91 Å². The first-order valence-corrected chi connectivity index (χ1v) is 6.53. The van der Waals surface area contributed by atoms with Gasteiger partial charge in [-0.1, -0.05) is 6.92 Å². The molecular formula is C10H18N2OS. The molecule has 2 saturated heterocycles. The van der Waals surface area contributed by atoms with E-state index in [0.717, 1.165) is 37.6 Å². The van der Waals surface area contributed by atoms with Gasteiger partial charge in [-0.25, -0.2) is 0 Å². The van der Waals surface area contributed by atoms with E-state index in [9.17, 15) is 4.79 Å². The van der Waals surface area contributed by atoms with E-state index < -0.39 is 0 Å². The van der Waals surface area contributed by atoms with E-state index in [2.05, 4.69) is 12.2 Å². The Bertz CT molecular complexity index is 209. The van der Waals surface area contributed by atoms with E-state index in [4.69, 9.17) is 0 Å². The number of hydrogen-bond donors (Lipinski definition) is 1. The van der Waals surface area contributed by atoms with Crippen LogP contribution in [0.3, 0.4) is 0 Å². The predicted octanol–water partition coefficient (Wildman–Crippen LogP) is 0.560. The number of thioether (sulfide) groups is 1. The summed E-state index contributed by atoms with van der Waals surface area (Å²) in [6.07, 6.45) is 1.02. The van der Waals surface area contributed by atoms with Crippen molar-refractivity contribution in [2.75, 3.05) is 31.1 Å². The summed E-state index contributed by atoms with van der Waals surface area (Å²) in [4.78, 5) is 14.0. The van der Waals surface area contributed by atoms with Gasteiger partial charge < -0.3 is 10.2 Å². The maximum atomic E-state index is 12.0. The monoisotopic (exact) mass is 214 g/mol. The SMILES string of the molecule is CC1CN[C@H](C(=O)N2CCSCC2)C1. The molecule has 14 heavy (non-hydrogen) atoms. The van der Waals surface area contributed by atoms with Crippen molar-refractivity contribution in [3.05, 3.63) is 0 Å². The molecule has 0 saturated carbocycles. The largest absolute Gasteiger partial charge is 0.340 e. The van der Waals surface area contributed by atoms with Crippen molar-refractivity contribution in [3.8, 4) is 0 Å². The molecule has 0 aromatic carbocycles. The van der Waals surface area contributed by atoms with Gasteiger partial charge in [-0.05, 0) is 18.9 Å². The fourth-order valence-corrected chi connectivity index (χ4v) is 3.01. The van der Waals surface area contributed by atoms with Gasteiger partial charge in [0, 0.05) is 24.6 Å². The second kappa shape index (κ2) is 4.53. The Morgan fingerprint density at radius 3 is 2.71 bits per heavy atom. The summed E-state index contributed by atoms with van der Waals surface area (Å²) >= 11 is 1.94. The predicted molar refractivity (Wildman–Crippen MR) is 59.5 cm³/mol. The minimum Gasteiger partial charge on any atom is -0.340 e. The zero-order valence-electron chi connectivity index (χ0n) is 8.66. The number of hydrogen-bond acceptors (Lipinski definition) is 3. The van der Waals surface area contributed by atoms with Crippen LogP contribution >= 0.6 is 11.8 Å². The van der Waals surface area contributed by atoms with Crippen LogP contribution in [-0.2, 0) is 4.79 Å². The van der Waals surface area contributed by atoms with Crippen LogP contribution in [0.25, 0.3) is 0 Å². The maximum Gasteiger partial charge on any atom is 0.239 e. The van der Waals surface area contributed by atoms with E-state index in [-0.39, 0.29) is 6.04 Å². The van der Waals surface area contributed by atoms with E-state index in [1.807, 2.05) is 16.7 Å². The van der Waals surface area contributed by atoms with Crippen molar-refractivity contribution >= 4 is 17.7 Å². The first-order valence-electron chi connectivity index (χ1n) is 5.37. The van der Waals surface area contributed by atoms with Gasteiger partial charge in [0.15, 0.2) is 0 Å². The molecule has 2 heterocycles. The van der Waals surface area contributed by atoms with Gasteiger partial charge in [0.05, 0.1) is 6.04 Å². The van der Waals surface area contributed by atoms with Gasteiger partial charge in [-0.2, -0.15) is 11.8 Å². The molecule has 0 aromatic rings. The molecule has 4 heteroatoms. The van der Waals surface area contributed by atoms with E-state index in [1.54, 1.807) is 0 Å². The minimum absolute atomic E-state index is 0.105. The molecule has 2 atom stereocenters. The highest BCUT2D eigenvalue weighted by atomic mass is 32.2. The summed E-state index contributed by atoms with van der Waals surface area (Å²) in [7, 11) is 0. The van der Waals surface area contributed by atoms with Crippen LogP contribution in [0.2, 0.25) is 0 Å². The van der Waals surface area contributed by atoms with Crippen LogP contribution in [0.4, 0.5) is 0 Å². The average molecular weight is 214 g/mol. The quantitative estimate of drug-likeness (QED) is 0.692. The molecular weight excluding hydrogens is 196 g/mol. The third kappa shape index (κ3) is 2.23. The maximum absolute atomic E-state index is 12.0. The topological polar surface area (TPSA) is 32.3 Å². The van der Waals surface area contributed by atoms with Crippen LogP contribution < -0.4 is 5.32 Å². The zero-order valence-corrected chi connectivity index (χ0v) is 9.48. The van der Waals surface area contributed by atoms with Crippen molar-refractivity contribution in [2.24, 2.45) is 5.92 Å². The van der Waals surface area contributed by atoms with Gasteiger partial charge in [0.25, 0.3) is 0 Å². The van der Waals surface area contributed by atoms with Crippen LogP contribution in [0, 0.1) is 5.92 Å². The summed E-state index contributed by atoms with van der Waals surface area (Å²) < 4.78 is 0. The first kappa shape index (κ1) is 10.3. The molecule has 0 radical (unpaired) electrons. The Hall–Kier alpha value is -0.220. The fourth-order valence-electron chi connectivity index (χ4n) is 2.10. The van der Waals surface area contributed by atoms with E-state index in [0.29, 0.717) is 11.8 Å². The van der Waals surface area contributed by atoms with Gasteiger partial charge >= 0.3 is 0 Å². The zero-order chi connectivity index (χ0) is 9.97. The van der Waals surface area contributed by atoms with Crippen molar-refractivity contribution in [1.29, 1.82) is 0 Å². The molecule has 1 N–H and O–H groups in total. The molecule has 2 fully saturated rings. The lowest BCUT2D eigenvalue weighted by molar-refractivity contribution is -0.132. The summed E-state index contributed by atoms with van der Waals surface area (Å²) in [6, 6.07) is 0.105. The second-order valence-corrected chi connectivity index (χ2v) is 5.46. The Labute approximate surface area is 89.6 Å². The standard InChI is InChI=1S/C10H18N2OS/c1-8-6-9(11-7-8)10(13)12-2-4-14-5-3-12/h8-9,11H,2-7H2,1H3/t8?,9-/m0/s1. The average Bonchev–Trinajstić information content (AvgIpc) is 2.65. The number of carbonyl (C=O) groups is 1. The number of rotatable bonds is 1. The Morgan fingerprint density at radius 2 is 2.14 bits per heavy atom. The molecule has 3 nitrogen and oxygen atoms in total. The van der Waals surface area contributed by atoms with Crippen molar-refractivity contribution < 1.29 is 4.79 Å². The van der Waals surface area contributed by atoms with Gasteiger partial charge in [0.1, 0.15) is 0 Å². The molecule has 2 rings (SSSR count). The third-order valence-electron chi connectivity index (χ3n) is 2.97. The number of amides is 1. The highest BCUT2D eigenvalue weighted by Crippen LogP contribution is 2.17. The Balaban J connectivity index is 1.87. The lowest BCUT2D eigenvalue weighted by atomic mass is 10.1. The Morgan fingerprint density at radius 1 is 1.43 bits per heavy atom. The molecule has 0 aromatic heterocycles. The summed E-state index contributed by atoms with van der Waals surface area (Å²) in [6.45, 7) is 5.08. The van der Waals surface area contributed by atoms with Crippen molar-refractivity contribution in [3.63, 3.8) is 0 Å². The summed E-state index contributed by atoms with van der Waals surface area (Å²) in [5.74, 6) is 3.19. The molecule has 0 spiro atoms. The van der Waals surface area contributed by atoms with Gasteiger partial charge in [-0.3, -0.25) is 4.79 Å². The van der Waals surface area contributed by atoms with Crippen LogP contribution in [0.5, 0.6) is 0 Å². The number of nitrogens with one attached hydrogen (secondary N) is 1. The van der Waals surface area contributed by atoms with E-state index >= 15 is 0 Å². The van der Waals surface area contributed by atoms with E-state index in [1.165, 1.54) is 0 Å². The van der Waals surface area contributed by atoms with Crippen LogP contribution in [-0.4, -0.2) is 48.0 Å². The van der Waals surface area contributed by atoms with Crippen LogP contribution in [0.1, 0.15) is 13.3 Å². The molecule has 80 valence electrons. The highest BCUT2D eigenvalue weighted by molar-refractivity contribution is 7.99. The molecule has 2 aliphatic rings. The summed E-state index contributed by atoms with van der Waals surface area (Å²) in [5.41, 5.74) is 0. The minimum atomic E-state index is 0.105. The van der Waals surface area contributed by atoms with Crippen LogP contribution in [0.15, 0.2) is 0 Å². The highest BCUT2D eigenvalue weighted by Gasteiger charge is 2.30. The molecule has 0 bridgehead atoms. The lowest BCUT2D eigenvalue weighted by Gasteiger charge is -2.28.